The lowest BCUT2D eigenvalue weighted by molar-refractivity contribution is 0.0203. The Morgan fingerprint density at radius 1 is 1.18 bits per heavy atom. The number of carbonyl (C=O) groups excluding carboxylic acids is 1. The molecule has 1 aromatic carbocycles. The predicted molar refractivity (Wildman–Crippen MR) is 143 cm³/mol. The van der Waals surface area contributed by atoms with E-state index in [0.717, 1.165) is 102 Å². The number of hydrogen-bond acceptors (Lipinski definition) is 4. The standard InChI is InChI=1S/C25H40N4O3.HI/c1-2-26-25(27-12-7-15-32-20-21-10-16-31-17-11-21)28-19-22-8-6-9-23(18-22)24(30)29-13-4-3-5-14-29;/h6,8-9,18,21H,2-5,7,10-17,19-20H2,1H3,(H2,26,27,28);1H. The molecule has 186 valence electrons. The molecule has 2 aliphatic heterocycles. The minimum atomic E-state index is 0. The summed E-state index contributed by atoms with van der Waals surface area (Å²) >= 11 is 0. The van der Waals surface area contributed by atoms with E-state index in [-0.39, 0.29) is 29.9 Å². The Bertz CT molecular complexity index is 719. The van der Waals surface area contributed by atoms with Crippen molar-refractivity contribution in [3.05, 3.63) is 35.4 Å². The summed E-state index contributed by atoms with van der Waals surface area (Å²) in [4.78, 5) is 19.4. The summed E-state index contributed by atoms with van der Waals surface area (Å²) in [7, 11) is 0. The zero-order valence-corrected chi connectivity index (χ0v) is 22.4. The number of hydrogen-bond donors (Lipinski definition) is 2. The highest BCUT2D eigenvalue weighted by atomic mass is 127. The molecule has 0 aromatic heterocycles. The number of benzene rings is 1. The molecule has 7 nitrogen and oxygen atoms in total. The maximum Gasteiger partial charge on any atom is 0.253 e. The van der Waals surface area contributed by atoms with Gasteiger partial charge in [-0.3, -0.25) is 4.79 Å². The molecule has 3 rings (SSSR count). The predicted octanol–water partition coefficient (Wildman–Crippen LogP) is 3.82. The van der Waals surface area contributed by atoms with Crippen molar-refractivity contribution in [1.82, 2.24) is 15.5 Å². The Morgan fingerprint density at radius 3 is 2.73 bits per heavy atom. The van der Waals surface area contributed by atoms with Gasteiger partial charge in [-0.25, -0.2) is 4.99 Å². The number of guanidine groups is 1. The van der Waals surface area contributed by atoms with Gasteiger partial charge in [0.15, 0.2) is 5.96 Å². The van der Waals surface area contributed by atoms with Crippen molar-refractivity contribution in [3.8, 4) is 0 Å². The van der Waals surface area contributed by atoms with Crippen molar-refractivity contribution >= 4 is 35.8 Å². The maximum atomic E-state index is 12.8. The molecule has 0 bridgehead atoms. The van der Waals surface area contributed by atoms with Gasteiger partial charge in [-0.15, -0.1) is 24.0 Å². The van der Waals surface area contributed by atoms with Crippen molar-refractivity contribution < 1.29 is 14.3 Å². The van der Waals surface area contributed by atoms with Crippen LogP contribution in [-0.2, 0) is 16.0 Å². The number of ether oxygens (including phenoxy) is 2. The molecular formula is C25H41IN4O3. The number of halogens is 1. The summed E-state index contributed by atoms with van der Waals surface area (Å²) in [6.45, 7) is 9.29. The van der Waals surface area contributed by atoms with Crippen LogP contribution in [0.1, 0.15) is 61.4 Å². The normalized spacial score (nSPS) is 17.4. The van der Waals surface area contributed by atoms with E-state index in [1.807, 2.05) is 29.2 Å². The van der Waals surface area contributed by atoms with Gasteiger partial charge in [0.05, 0.1) is 6.54 Å². The Balaban J connectivity index is 0.00000385. The molecule has 2 N–H and O–H groups in total. The minimum absolute atomic E-state index is 0. The van der Waals surface area contributed by atoms with E-state index in [1.54, 1.807) is 0 Å². The number of carbonyl (C=O) groups is 1. The number of rotatable bonds is 10. The van der Waals surface area contributed by atoms with Crippen LogP contribution in [0.3, 0.4) is 0 Å². The summed E-state index contributed by atoms with van der Waals surface area (Å²) in [5.41, 5.74) is 1.81. The summed E-state index contributed by atoms with van der Waals surface area (Å²) in [5, 5.41) is 6.68. The Hall–Kier alpha value is -1.39. The molecule has 2 saturated heterocycles. The van der Waals surface area contributed by atoms with E-state index in [9.17, 15) is 4.79 Å². The molecule has 2 fully saturated rings. The zero-order valence-electron chi connectivity index (χ0n) is 20.0. The topological polar surface area (TPSA) is 75.2 Å². The average Bonchev–Trinajstić information content (AvgIpc) is 2.85. The quantitative estimate of drug-likeness (QED) is 0.193. The number of piperidine rings is 1. The molecule has 1 aromatic rings. The fraction of sp³-hybridized carbons (Fsp3) is 0.680. The monoisotopic (exact) mass is 572 g/mol. The zero-order chi connectivity index (χ0) is 22.4. The van der Waals surface area contributed by atoms with Crippen LogP contribution in [-0.4, -0.2) is 69.4 Å². The Kier molecular flexibility index (Phi) is 13.7. The van der Waals surface area contributed by atoms with E-state index >= 15 is 0 Å². The molecule has 1 amide bonds. The van der Waals surface area contributed by atoms with E-state index in [4.69, 9.17) is 14.5 Å². The molecule has 0 saturated carbocycles. The summed E-state index contributed by atoms with van der Waals surface area (Å²) in [5.74, 6) is 1.58. The number of aliphatic imine (C=N–C) groups is 1. The highest BCUT2D eigenvalue weighted by molar-refractivity contribution is 14.0. The largest absolute Gasteiger partial charge is 0.381 e. The third-order valence-electron chi connectivity index (χ3n) is 6.03. The van der Waals surface area contributed by atoms with Gasteiger partial charge in [0.2, 0.25) is 0 Å². The van der Waals surface area contributed by atoms with Crippen molar-refractivity contribution in [2.24, 2.45) is 10.9 Å². The molecule has 0 atom stereocenters. The lowest BCUT2D eigenvalue weighted by atomic mass is 10.0. The highest BCUT2D eigenvalue weighted by Gasteiger charge is 2.18. The molecule has 0 spiro atoms. The fourth-order valence-electron chi connectivity index (χ4n) is 4.14. The van der Waals surface area contributed by atoms with Gasteiger partial charge in [0, 0.05) is 58.2 Å². The number of nitrogens with one attached hydrogen (secondary N) is 2. The van der Waals surface area contributed by atoms with Gasteiger partial charge in [0.1, 0.15) is 0 Å². The second-order valence-electron chi connectivity index (χ2n) is 8.66. The third-order valence-corrected chi connectivity index (χ3v) is 6.03. The van der Waals surface area contributed by atoms with Crippen molar-refractivity contribution in [2.75, 3.05) is 52.6 Å². The Morgan fingerprint density at radius 2 is 1.97 bits per heavy atom. The van der Waals surface area contributed by atoms with E-state index in [0.29, 0.717) is 12.5 Å². The van der Waals surface area contributed by atoms with E-state index in [2.05, 4.69) is 17.6 Å². The van der Waals surface area contributed by atoms with Crippen molar-refractivity contribution in [2.45, 2.75) is 52.0 Å². The molecule has 8 heteroatoms. The SMILES string of the molecule is CCNC(=NCc1cccc(C(=O)N2CCCCC2)c1)NCCCOCC1CCOCC1.I. The van der Waals surface area contributed by atoms with Gasteiger partial charge in [-0.05, 0) is 69.1 Å². The number of amides is 1. The second-order valence-corrected chi connectivity index (χ2v) is 8.66. The second kappa shape index (κ2) is 16.3. The van der Waals surface area contributed by atoms with Crippen molar-refractivity contribution in [3.63, 3.8) is 0 Å². The summed E-state index contributed by atoms with van der Waals surface area (Å²) in [6.07, 6.45) is 6.59. The first-order chi connectivity index (χ1) is 15.8. The minimum Gasteiger partial charge on any atom is -0.381 e. The molecule has 2 heterocycles. The first-order valence-corrected chi connectivity index (χ1v) is 12.3. The smallest absolute Gasteiger partial charge is 0.253 e. The molecule has 0 aliphatic carbocycles. The van der Waals surface area contributed by atoms with Crippen LogP contribution in [0, 0.1) is 5.92 Å². The third kappa shape index (κ3) is 10.2. The lowest BCUT2D eigenvalue weighted by Crippen LogP contribution is -2.38. The number of nitrogens with zero attached hydrogens (tertiary/aromatic N) is 2. The first kappa shape index (κ1) is 27.9. The van der Waals surface area contributed by atoms with Crippen LogP contribution in [0.5, 0.6) is 0 Å². The van der Waals surface area contributed by atoms with Crippen LogP contribution in [0.25, 0.3) is 0 Å². The number of likely N-dealkylation sites (tertiary alicyclic amines) is 1. The van der Waals surface area contributed by atoms with Gasteiger partial charge in [-0.1, -0.05) is 12.1 Å². The maximum absolute atomic E-state index is 12.8. The van der Waals surface area contributed by atoms with Crippen LogP contribution >= 0.6 is 24.0 Å². The van der Waals surface area contributed by atoms with Gasteiger partial charge in [-0.2, -0.15) is 0 Å². The molecule has 0 unspecified atom stereocenters. The van der Waals surface area contributed by atoms with Gasteiger partial charge in [0.25, 0.3) is 5.91 Å². The van der Waals surface area contributed by atoms with Crippen LogP contribution < -0.4 is 10.6 Å². The van der Waals surface area contributed by atoms with Crippen LogP contribution in [0.15, 0.2) is 29.3 Å². The summed E-state index contributed by atoms with van der Waals surface area (Å²) < 4.78 is 11.2. The molecule has 0 radical (unpaired) electrons. The molecular weight excluding hydrogens is 531 g/mol. The van der Waals surface area contributed by atoms with Crippen molar-refractivity contribution in [1.29, 1.82) is 0 Å². The average molecular weight is 573 g/mol. The molecule has 33 heavy (non-hydrogen) atoms. The van der Waals surface area contributed by atoms with Gasteiger partial charge >= 0.3 is 0 Å². The van der Waals surface area contributed by atoms with E-state index in [1.165, 1.54) is 6.42 Å². The van der Waals surface area contributed by atoms with Crippen LogP contribution in [0.4, 0.5) is 0 Å². The van der Waals surface area contributed by atoms with Crippen LogP contribution in [0.2, 0.25) is 0 Å². The summed E-state index contributed by atoms with van der Waals surface area (Å²) in [6, 6.07) is 7.88. The fourth-order valence-corrected chi connectivity index (χ4v) is 4.14. The molecule has 2 aliphatic rings. The first-order valence-electron chi connectivity index (χ1n) is 12.3. The lowest BCUT2D eigenvalue weighted by Gasteiger charge is -2.26. The van der Waals surface area contributed by atoms with Gasteiger partial charge < -0.3 is 25.0 Å². The highest BCUT2D eigenvalue weighted by Crippen LogP contribution is 2.15. The van der Waals surface area contributed by atoms with E-state index < -0.39 is 0 Å². The Labute approximate surface area is 216 Å².